The van der Waals surface area contributed by atoms with Crippen LogP contribution in [0.4, 0.5) is 0 Å². The van der Waals surface area contributed by atoms with Gasteiger partial charge >= 0.3 is 0 Å². The topological polar surface area (TPSA) is 106 Å². The molecule has 2 N–H and O–H groups in total. The highest BCUT2D eigenvalue weighted by Crippen LogP contribution is 2.13. The molecule has 2 aromatic rings. The summed E-state index contributed by atoms with van der Waals surface area (Å²) < 4.78 is 32.2. The van der Waals surface area contributed by atoms with Crippen LogP contribution in [0, 0.1) is 6.92 Å². The van der Waals surface area contributed by atoms with Crippen LogP contribution in [0.3, 0.4) is 0 Å². The first-order valence-electron chi connectivity index (χ1n) is 6.73. The van der Waals surface area contributed by atoms with Crippen molar-refractivity contribution in [3.8, 4) is 0 Å². The molecule has 0 unspecified atom stereocenters. The molecule has 0 radical (unpaired) electrons. The molecule has 8 nitrogen and oxygen atoms in total. The second-order valence-corrected chi connectivity index (χ2v) is 6.42. The maximum atomic E-state index is 11.9. The maximum absolute atomic E-state index is 11.9. The van der Waals surface area contributed by atoms with E-state index in [9.17, 15) is 13.2 Å². The Morgan fingerprint density at radius 2 is 2.18 bits per heavy atom. The van der Waals surface area contributed by atoms with Crippen molar-refractivity contribution in [2.45, 2.75) is 25.0 Å². The molecule has 2 rings (SSSR count). The highest BCUT2D eigenvalue weighted by atomic mass is 32.2. The van der Waals surface area contributed by atoms with Crippen LogP contribution in [-0.4, -0.2) is 37.5 Å². The maximum Gasteiger partial charge on any atom is 0.287 e. The number of furan rings is 1. The summed E-state index contributed by atoms with van der Waals surface area (Å²) in [6, 6.07) is 2.58. The second kappa shape index (κ2) is 6.75. The number of imidazole rings is 1. The van der Waals surface area contributed by atoms with Gasteiger partial charge in [0, 0.05) is 25.5 Å². The fourth-order valence-corrected chi connectivity index (χ4v) is 2.51. The van der Waals surface area contributed by atoms with Gasteiger partial charge in [-0.05, 0) is 32.5 Å². The second-order valence-electron chi connectivity index (χ2n) is 4.60. The Morgan fingerprint density at radius 1 is 1.41 bits per heavy atom. The lowest BCUT2D eigenvalue weighted by atomic mass is 10.3. The highest BCUT2D eigenvalue weighted by molar-refractivity contribution is 7.89. The molecule has 9 heteroatoms. The number of rotatable bonds is 7. The Balaban J connectivity index is 1.84. The Morgan fingerprint density at radius 3 is 2.82 bits per heavy atom. The molecule has 0 aliphatic heterocycles. The van der Waals surface area contributed by atoms with Gasteiger partial charge in [-0.2, -0.15) is 0 Å². The summed E-state index contributed by atoms with van der Waals surface area (Å²) in [4.78, 5) is 16.0. The Bertz CT molecular complexity index is 748. The summed E-state index contributed by atoms with van der Waals surface area (Å²) >= 11 is 0. The van der Waals surface area contributed by atoms with Crippen molar-refractivity contribution in [2.75, 3.05) is 13.6 Å². The van der Waals surface area contributed by atoms with E-state index in [0.717, 1.165) is 18.8 Å². The van der Waals surface area contributed by atoms with E-state index in [1.165, 1.54) is 19.2 Å². The number of carbonyl (C=O) groups is 1. The Kier molecular flexibility index (Phi) is 4.99. The van der Waals surface area contributed by atoms with Crippen LogP contribution in [-0.2, 0) is 16.6 Å². The van der Waals surface area contributed by atoms with Gasteiger partial charge in [0.25, 0.3) is 15.9 Å². The van der Waals surface area contributed by atoms with Gasteiger partial charge in [-0.1, -0.05) is 0 Å². The number of nitrogens with one attached hydrogen (secondary N) is 2. The van der Waals surface area contributed by atoms with Gasteiger partial charge in [-0.15, -0.1) is 0 Å². The van der Waals surface area contributed by atoms with Crippen LogP contribution in [0.15, 0.2) is 34.0 Å². The third-order valence-electron chi connectivity index (χ3n) is 3.12. The van der Waals surface area contributed by atoms with Crippen molar-refractivity contribution >= 4 is 15.9 Å². The third-order valence-corrected chi connectivity index (χ3v) is 4.41. The minimum absolute atomic E-state index is 0.0346. The van der Waals surface area contributed by atoms with Crippen LogP contribution in [0.5, 0.6) is 0 Å². The lowest BCUT2D eigenvalue weighted by Gasteiger charge is -2.05. The first-order chi connectivity index (χ1) is 10.4. The monoisotopic (exact) mass is 326 g/mol. The minimum atomic E-state index is -3.68. The SMILES string of the molecule is CNS(=O)(=O)c1ccc(C(=O)NCCCn2ccnc2C)o1. The van der Waals surface area contributed by atoms with E-state index in [1.54, 1.807) is 6.20 Å². The molecule has 22 heavy (non-hydrogen) atoms. The number of amides is 1. The van der Waals surface area contributed by atoms with Crippen molar-refractivity contribution in [1.82, 2.24) is 19.6 Å². The summed E-state index contributed by atoms with van der Waals surface area (Å²) in [6.07, 6.45) is 4.32. The zero-order chi connectivity index (χ0) is 16.2. The zero-order valence-electron chi connectivity index (χ0n) is 12.4. The molecule has 0 bridgehead atoms. The first kappa shape index (κ1) is 16.2. The smallest absolute Gasteiger partial charge is 0.287 e. The highest BCUT2D eigenvalue weighted by Gasteiger charge is 2.19. The normalized spacial score (nSPS) is 11.5. The van der Waals surface area contributed by atoms with Crippen molar-refractivity contribution in [3.63, 3.8) is 0 Å². The molecule has 0 fully saturated rings. The van der Waals surface area contributed by atoms with E-state index in [4.69, 9.17) is 4.42 Å². The Labute approximate surface area is 128 Å². The minimum Gasteiger partial charge on any atom is -0.438 e. The van der Waals surface area contributed by atoms with E-state index in [1.807, 2.05) is 17.7 Å². The van der Waals surface area contributed by atoms with Crippen molar-refractivity contribution in [2.24, 2.45) is 0 Å². The van der Waals surface area contributed by atoms with Crippen molar-refractivity contribution in [3.05, 3.63) is 36.1 Å². The van der Waals surface area contributed by atoms with Crippen molar-refractivity contribution < 1.29 is 17.6 Å². The van der Waals surface area contributed by atoms with Crippen LogP contribution in [0.2, 0.25) is 0 Å². The molecule has 0 aliphatic carbocycles. The van der Waals surface area contributed by atoms with E-state index in [2.05, 4.69) is 15.0 Å². The molecular formula is C13H18N4O4S. The van der Waals surface area contributed by atoms with E-state index in [0.29, 0.717) is 6.54 Å². The lowest BCUT2D eigenvalue weighted by Crippen LogP contribution is -2.25. The first-order valence-corrected chi connectivity index (χ1v) is 8.21. The molecule has 0 aromatic carbocycles. The van der Waals surface area contributed by atoms with E-state index < -0.39 is 15.9 Å². The Hall–Kier alpha value is -2.13. The molecule has 120 valence electrons. The van der Waals surface area contributed by atoms with Crippen LogP contribution in [0.25, 0.3) is 0 Å². The van der Waals surface area contributed by atoms with Crippen molar-refractivity contribution in [1.29, 1.82) is 0 Å². The van der Waals surface area contributed by atoms with E-state index in [-0.39, 0.29) is 10.9 Å². The van der Waals surface area contributed by atoms with E-state index >= 15 is 0 Å². The summed E-state index contributed by atoms with van der Waals surface area (Å²) in [5.41, 5.74) is 0. The van der Waals surface area contributed by atoms with Gasteiger partial charge in [0.15, 0.2) is 5.76 Å². The fraction of sp³-hybridized carbons (Fsp3) is 0.385. The predicted octanol–water partition coefficient (Wildman–Crippen LogP) is 0.513. The molecule has 2 heterocycles. The van der Waals surface area contributed by atoms with Gasteiger partial charge in [-0.25, -0.2) is 18.1 Å². The number of nitrogens with zero attached hydrogens (tertiary/aromatic N) is 2. The molecule has 0 aliphatic rings. The van der Waals surface area contributed by atoms with Gasteiger partial charge in [0.05, 0.1) is 0 Å². The summed E-state index contributed by atoms with van der Waals surface area (Å²) in [5.74, 6) is 0.437. The van der Waals surface area contributed by atoms with Crippen LogP contribution >= 0.6 is 0 Å². The van der Waals surface area contributed by atoms with Gasteiger partial charge < -0.3 is 14.3 Å². The largest absolute Gasteiger partial charge is 0.438 e. The van der Waals surface area contributed by atoms with Gasteiger partial charge in [0.1, 0.15) is 5.82 Å². The lowest BCUT2D eigenvalue weighted by molar-refractivity contribution is 0.0919. The molecule has 2 aromatic heterocycles. The molecular weight excluding hydrogens is 308 g/mol. The average Bonchev–Trinajstić information content (AvgIpc) is 3.13. The zero-order valence-corrected chi connectivity index (χ0v) is 13.2. The van der Waals surface area contributed by atoms with Gasteiger partial charge in [-0.3, -0.25) is 4.79 Å². The number of hydrogen-bond acceptors (Lipinski definition) is 5. The number of hydrogen-bond donors (Lipinski definition) is 2. The number of aromatic nitrogens is 2. The molecule has 0 saturated heterocycles. The van der Waals surface area contributed by atoms with Crippen LogP contribution < -0.4 is 10.0 Å². The standard InChI is InChI=1S/C13H18N4O4S/c1-10-15-7-9-17(10)8-3-6-16-13(18)11-4-5-12(21-11)22(19,20)14-2/h4-5,7,9,14H,3,6,8H2,1-2H3,(H,16,18). The summed E-state index contributed by atoms with van der Waals surface area (Å²) in [6.45, 7) is 3.10. The number of carbonyl (C=O) groups excluding carboxylic acids is 1. The molecule has 0 atom stereocenters. The van der Waals surface area contributed by atoms with Gasteiger partial charge in [0.2, 0.25) is 5.09 Å². The average molecular weight is 326 g/mol. The summed E-state index contributed by atoms with van der Waals surface area (Å²) in [7, 11) is -2.40. The third kappa shape index (κ3) is 3.74. The number of aryl methyl sites for hydroxylation is 2. The fourth-order valence-electron chi connectivity index (χ4n) is 1.87. The summed E-state index contributed by atoms with van der Waals surface area (Å²) in [5, 5.41) is 2.40. The van der Waals surface area contributed by atoms with Crippen LogP contribution in [0.1, 0.15) is 22.8 Å². The molecule has 1 amide bonds. The molecule has 0 spiro atoms. The predicted molar refractivity (Wildman–Crippen MR) is 78.9 cm³/mol. The quantitative estimate of drug-likeness (QED) is 0.721. The number of sulfonamides is 1. The molecule has 0 saturated carbocycles.